The first kappa shape index (κ1) is 13.1. The van der Waals surface area contributed by atoms with Crippen molar-refractivity contribution in [3.63, 3.8) is 0 Å². The summed E-state index contributed by atoms with van der Waals surface area (Å²) in [7, 11) is 3.09. The lowest BCUT2D eigenvalue weighted by Gasteiger charge is -2.12. The van der Waals surface area contributed by atoms with Crippen molar-refractivity contribution in [3.05, 3.63) is 56.7 Å². The molecule has 5 nitrogen and oxygen atoms in total. The highest BCUT2D eigenvalue weighted by atomic mass is 16.2. The topological polar surface area (TPSA) is 56.0 Å². The largest absolute Gasteiger partial charge is 0.341 e. The molecule has 0 fully saturated rings. The van der Waals surface area contributed by atoms with Gasteiger partial charge in [-0.05, 0) is 24.1 Å². The Kier molecular flexibility index (Phi) is 3.55. The maximum Gasteiger partial charge on any atom is 0.332 e. The van der Waals surface area contributed by atoms with Crippen LogP contribution in [0.5, 0.6) is 0 Å². The van der Waals surface area contributed by atoms with Crippen molar-refractivity contribution in [1.82, 2.24) is 9.13 Å². The van der Waals surface area contributed by atoms with Gasteiger partial charge in [0.1, 0.15) is 5.82 Å². The summed E-state index contributed by atoms with van der Waals surface area (Å²) in [5.41, 5.74) is 1.42. The van der Waals surface area contributed by atoms with Crippen molar-refractivity contribution in [2.75, 3.05) is 5.32 Å². The second-order valence-electron chi connectivity index (χ2n) is 4.44. The van der Waals surface area contributed by atoms with Crippen molar-refractivity contribution < 1.29 is 0 Å². The summed E-state index contributed by atoms with van der Waals surface area (Å²) >= 11 is 0. The minimum atomic E-state index is -0.347. The summed E-state index contributed by atoms with van der Waals surface area (Å²) in [6.07, 6.45) is 0.977. The van der Waals surface area contributed by atoms with Crippen LogP contribution in [-0.2, 0) is 20.5 Å². The van der Waals surface area contributed by atoms with Gasteiger partial charge in [0.15, 0.2) is 0 Å². The quantitative estimate of drug-likeness (QED) is 0.906. The maximum absolute atomic E-state index is 11.8. The van der Waals surface area contributed by atoms with Gasteiger partial charge in [0, 0.05) is 25.8 Å². The number of rotatable bonds is 3. The molecule has 0 aliphatic rings. The first-order valence-electron chi connectivity index (χ1n) is 6.16. The predicted octanol–water partition coefficient (Wildman–Crippen LogP) is 1.39. The van der Waals surface area contributed by atoms with E-state index in [-0.39, 0.29) is 11.2 Å². The molecule has 0 spiro atoms. The van der Waals surface area contributed by atoms with E-state index < -0.39 is 0 Å². The average Bonchev–Trinajstić information content (AvgIpc) is 2.43. The SMILES string of the molecule is CCc1ccc(Nc2cc(=O)n(C)c(=O)n2C)cc1. The van der Waals surface area contributed by atoms with Crippen molar-refractivity contribution in [2.24, 2.45) is 14.1 Å². The molecular formula is C14H17N3O2. The van der Waals surface area contributed by atoms with Crippen LogP contribution in [0.2, 0.25) is 0 Å². The number of aryl methyl sites for hydroxylation is 1. The molecule has 0 bridgehead atoms. The molecule has 1 N–H and O–H groups in total. The highest BCUT2D eigenvalue weighted by molar-refractivity contribution is 5.56. The molecule has 1 heterocycles. The Morgan fingerprint density at radius 1 is 1.05 bits per heavy atom. The monoisotopic (exact) mass is 259 g/mol. The standard InChI is InChI=1S/C14H17N3O2/c1-4-10-5-7-11(8-6-10)15-12-9-13(18)17(3)14(19)16(12)2/h5-9,15H,4H2,1-3H3. The minimum Gasteiger partial charge on any atom is -0.341 e. The van der Waals surface area contributed by atoms with E-state index in [1.54, 1.807) is 7.05 Å². The average molecular weight is 259 g/mol. The number of hydrogen-bond donors (Lipinski definition) is 1. The number of hydrogen-bond acceptors (Lipinski definition) is 3. The van der Waals surface area contributed by atoms with Crippen LogP contribution in [0.4, 0.5) is 11.5 Å². The number of nitrogens with one attached hydrogen (secondary N) is 1. The zero-order valence-electron chi connectivity index (χ0n) is 11.3. The van der Waals surface area contributed by atoms with Crippen LogP contribution in [0.15, 0.2) is 39.9 Å². The number of nitrogens with zero attached hydrogens (tertiary/aromatic N) is 2. The Balaban J connectivity index is 2.38. The summed E-state index contributed by atoms with van der Waals surface area (Å²) < 4.78 is 2.49. The third-order valence-electron chi connectivity index (χ3n) is 3.16. The van der Waals surface area contributed by atoms with Gasteiger partial charge in [-0.25, -0.2) is 4.79 Å². The fraction of sp³-hybridized carbons (Fsp3) is 0.286. The molecule has 0 amide bonds. The van der Waals surface area contributed by atoms with Gasteiger partial charge in [-0.15, -0.1) is 0 Å². The van der Waals surface area contributed by atoms with E-state index in [9.17, 15) is 9.59 Å². The van der Waals surface area contributed by atoms with Gasteiger partial charge in [0.2, 0.25) is 0 Å². The van der Waals surface area contributed by atoms with Crippen molar-refractivity contribution in [1.29, 1.82) is 0 Å². The van der Waals surface area contributed by atoms with E-state index in [0.29, 0.717) is 5.82 Å². The molecule has 0 aliphatic carbocycles. The highest BCUT2D eigenvalue weighted by Crippen LogP contribution is 2.14. The molecule has 5 heteroatoms. The molecule has 2 rings (SSSR count). The fourth-order valence-electron chi connectivity index (χ4n) is 1.82. The Hall–Kier alpha value is -2.30. The predicted molar refractivity (Wildman–Crippen MR) is 76.0 cm³/mol. The second kappa shape index (κ2) is 5.14. The zero-order chi connectivity index (χ0) is 14.0. The van der Waals surface area contributed by atoms with Crippen LogP contribution >= 0.6 is 0 Å². The Morgan fingerprint density at radius 2 is 1.68 bits per heavy atom. The van der Waals surface area contributed by atoms with Crippen LogP contribution in [0, 0.1) is 0 Å². The van der Waals surface area contributed by atoms with Crippen LogP contribution in [-0.4, -0.2) is 9.13 Å². The van der Waals surface area contributed by atoms with E-state index in [2.05, 4.69) is 12.2 Å². The summed E-state index contributed by atoms with van der Waals surface area (Å²) in [6, 6.07) is 9.31. The van der Waals surface area contributed by atoms with Gasteiger partial charge in [0.25, 0.3) is 5.56 Å². The molecule has 0 aliphatic heterocycles. The van der Waals surface area contributed by atoms with E-state index in [0.717, 1.165) is 16.7 Å². The normalized spacial score (nSPS) is 10.5. The Bertz CT molecular complexity index is 696. The molecule has 2 aromatic rings. The molecule has 1 aromatic heterocycles. The third kappa shape index (κ3) is 2.59. The van der Waals surface area contributed by atoms with Gasteiger partial charge in [-0.3, -0.25) is 13.9 Å². The van der Waals surface area contributed by atoms with E-state index in [1.165, 1.54) is 23.2 Å². The smallest absolute Gasteiger partial charge is 0.332 e. The first-order valence-corrected chi connectivity index (χ1v) is 6.16. The first-order chi connectivity index (χ1) is 9.02. The molecule has 0 radical (unpaired) electrons. The van der Waals surface area contributed by atoms with Crippen LogP contribution in [0.25, 0.3) is 0 Å². The van der Waals surface area contributed by atoms with Gasteiger partial charge < -0.3 is 5.32 Å². The molecule has 0 atom stereocenters. The highest BCUT2D eigenvalue weighted by Gasteiger charge is 2.05. The minimum absolute atomic E-state index is 0.323. The summed E-state index contributed by atoms with van der Waals surface area (Å²) in [4.78, 5) is 23.4. The summed E-state index contributed by atoms with van der Waals surface area (Å²) in [6.45, 7) is 2.09. The van der Waals surface area contributed by atoms with Gasteiger partial charge in [-0.1, -0.05) is 19.1 Å². The summed E-state index contributed by atoms with van der Waals surface area (Å²) in [5.74, 6) is 0.484. The maximum atomic E-state index is 11.8. The van der Waals surface area contributed by atoms with Crippen molar-refractivity contribution >= 4 is 11.5 Å². The molecule has 1 aromatic carbocycles. The lowest BCUT2D eigenvalue weighted by atomic mass is 10.1. The number of aromatic nitrogens is 2. The zero-order valence-corrected chi connectivity index (χ0v) is 11.3. The molecule has 0 saturated carbocycles. The van der Waals surface area contributed by atoms with Crippen LogP contribution in [0.1, 0.15) is 12.5 Å². The Morgan fingerprint density at radius 3 is 2.26 bits per heavy atom. The number of anilines is 2. The molecule has 0 saturated heterocycles. The summed E-state index contributed by atoms with van der Waals surface area (Å²) in [5, 5.41) is 3.08. The van der Waals surface area contributed by atoms with Gasteiger partial charge >= 0.3 is 5.69 Å². The number of benzene rings is 1. The second-order valence-corrected chi connectivity index (χ2v) is 4.44. The molecule has 0 unspecified atom stereocenters. The van der Waals surface area contributed by atoms with Crippen molar-refractivity contribution in [2.45, 2.75) is 13.3 Å². The third-order valence-corrected chi connectivity index (χ3v) is 3.16. The fourth-order valence-corrected chi connectivity index (χ4v) is 1.82. The van der Waals surface area contributed by atoms with Gasteiger partial charge in [-0.2, -0.15) is 0 Å². The lowest BCUT2D eigenvalue weighted by Crippen LogP contribution is -2.37. The van der Waals surface area contributed by atoms with Crippen LogP contribution < -0.4 is 16.6 Å². The lowest BCUT2D eigenvalue weighted by molar-refractivity contribution is 0.693. The van der Waals surface area contributed by atoms with E-state index in [4.69, 9.17) is 0 Å². The molecule has 100 valence electrons. The van der Waals surface area contributed by atoms with Crippen molar-refractivity contribution in [3.8, 4) is 0 Å². The van der Waals surface area contributed by atoms with E-state index in [1.807, 2.05) is 24.3 Å². The van der Waals surface area contributed by atoms with Gasteiger partial charge in [0.05, 0.1) is 0 Å². The van der Waals surface area contributed by atoms with Crippen LogP contribution in [0.3, 0.4) is 0 Å². The molecular weight excluding hydrogens is 242 g/mol. The Labute approximate surface area is 111 Å². The molecule has 19 heavy (non-hydrogen) atoms. The van der Waals surface area contributed by atoms with E-state index >= 15 is 0 Å².